The van der Waals surface area contributed by atoms with E-state index in [-0.39, 0.29) is 5.91 Å². The zero-order chi connectivity index (χ0) is 11.1. The van der Waals surface area contributed by atoms with E-state index in [9.17, 15) is 4.79 Å². The van der Waals surface area contributed by atoms with Crippen molar-refractivity contribution in [3.05, 3.63) is 24.2 Å². The van der Waals surface area contributed by atoms with Crippen LogP contribution in [0.25, 0.3) is 0 Å². The summed E-state index contributed by atoms with van der Waals surface area (Å²) < 4.78 is 5.20. The molecule has 1 aromatic rings. The van der Waals surface area contributed by atoms with Crippen LogP contribution in [0.3, 0.4) is 0 Å². The smallest absolute Gasteiger partial charge is 0.222 e. The molecule has 0 aliphatic carbocycles. The van der Waals surface area contributed by atoms with Crippen LogP contribution in [0.4, 0.5) is 0 Å². The van der Waals surface area contributed by atoms with Gasteiger partial charge in [-0.15, -0.1) is 0 Å². The number of hydrogen-bond acceptors (Lipinski definition) is 3. The highest BCUT2D eigenvalue weighted by Gasteiger charge is 2.03. The van der Waals surface area contributed by atoms with Gasteiger partial charge in [0.15, 0.2) is 0 Å². The van der Waals surface area contributed by atoms with Gasteiger partial charge >= 0.3 is 0 Å². The van der Waals surface area contributed by atoms with E-state index >= 15 is 0 Å². The van der Waals surface area contributed by atoms with E-state index in [1.165, 1.54) is 0 Å². The summed E-state index contributed by atoms with van der Waals surface area (Å²) in [5, 5.41) is 0. The lowest BCUT2D eigenvalue weighted by atomic mass is 10.3. The maximum atomic E-state index is 11.2. The van der Waals surface area contributed by atoms with Crippen LogP contribution in [0, 0.1) is 0 Å². The Morgan fingerprint density at radius 1 is 1.53 bits per heavy atom. The van der Waals surface area contributed by atoms with Crippen molar-refractivity contribution in [1.82, 2.24) is 4.90 Å². The monoisotopic (exact) mass is 227 g/mol. The predicted molar refractivity (Wildman–Crippen MR) is 62.8 cm³/mol. The fourth-order valence-electron chi connectivity index (χ4n) is 1.12. The van der Waals surface area contributed by atoms with Crippen LogP contribution in [0.5, 0.6) is 0 Å². The molecular weight excluding hydrogens is 210 g/mol. The molecule has 0 spiro atoms. The molecule has 0 aliphatic rings. The Bertz CT molecular complexity index is 283. The van der Waals surface area contributed by atoms with E-state index in [1.807, 2.05) is 12.1 Å². The van der Waals surface area contributed by atoms with Crippen LogP contribution in [0.1, 0.15) is 18.6 Å². The van der Waals surface area contributed by atoms with Gasteiger partial charge in [-0.05, 0) is 24.3 Å². The van der Waals surface area contributed by atoms with Crippen molar-refractivity contribution in [3.8, 4) is 0 Å². The standard InChI is InChI=1S/C11H17NO2S/c1-12(2)11(13)6-4-8-15-9-10-5-3-7-14-10/h3,5,7H,4,6,8-9H2,1-2H3. The third-order valence-electron chi connectivity index (χ3n) is 2.00. The summed E-state index contributed by atoms with van der Waals surface area (Å²) in [6.07, 6.45) is 3.26. The van der Waals surface area contributed by atoms with Crippen LogP contribution in [-0.2, 0) is 10.5 Å². The van der Waals surface area contributed by atoms with Gasteiger partial charge in [-0.25, -0.2) is 0 Å². The first-order valence-electron chi connectivity index (χ1n) is 5.00. The van der Waals surface area contributed by atoms with E-state index in [0.29, 0.717) is 6.42 Å². The molecule has 0 N–H and O–H groups in total. The van der Waals surface area contributed by atoms with Crippen molar-refractivity contribution >= 4 is 17.7 Å². The number of thioether (sulfide) groups is 1. The lowest BCUT2D eigenvalue weighted by Gasteiger charge is -2.09. The van der Waals surface area contributed by atoms with Crippen LogP contribution in [0.15, 0.2) is 22.8 Å². The highest BCUT2D eigenvalue weighted by Crippen LogP contribution is 2.14. The van der Waals surface area contributed by atoms with Crippen molar-refractivity contribution < 1.29 is 9.21 Å². The molecule has 1 aromatic heterocycles. The molecule has 0 radical (unpaired) electrons. The van der Waals surface area contributed by atoms with E-state index in [4.69, 9.17) is 4.42 Å². The largest absolute Gasteiger partial charge is 0.468 e. The van der Waals surface area contributed by atoms with Crippen LogP contribution < -0.4 is 0 Å². The minimum absolute atomic E-state index is 0.202. The minimum atomic E-state index is 0.202. The van der Waals surface area contributed by atoms with Gasteiger partial charge in [-0.3, -0.25) is 4.79 Å². The van der Waals surface area contributed by atoms with Crippen molar-refractivity contribution in [1.29, 1.82) is 0 Å². The Morgan fingerprint density at radius 2 is 2.33 bits per heavy atom. The number of carbonyl (C=O) groups is 1. The Balaban J connectivity index is 2.00. The molecule has 0 bridgehead atoms. The molecule has 0 saturated carbocycles. The number of furan rings is 1. The fraction of sp³-hybridized carbons (Fsp3) is 0.545. The van der Waals surface area contributed by atoms with E-state index in [1.54, 1.807) is 37.0 Å². The first-order valence-corrected chi connectivity index (χ1v) is 6.16. The second-order valence-electron chi connectivity index (χ2n) is 3.52. The second-order valence-corrected chi connectivity index (χ2v) is 4.63. The maximum absolute atomic E-state index is 11.2. The molecule has 4 heteroatoms. The molecule has 1 heterocycles. The first kappa shape index (κ1) is 12.2. The van der Waals surface area contributed by atoms with Gasteiger partial charge in [-0.1, -0.05) is 0 Å². The van der Waals surface area contributed by atoms with Crippen molar-refractivity contribution in [2.75, 3.05) is 19.8 Å². The molecule has 0 saturated heterocycles. The van der Waals surface area contributed by atoms with Crippen LogP contribution >= 0.6 is 11.8 Å². The molecule has 84 valence electrons. The highest BCUT2D eigenvalue weighted by atomic mass is 32.2. The van der Waals surface area contributed by atoms with E-state index in [2.05, 4.69) is 0 Å². The Hall–Kier alpha value is -0.900. The third-order valence-corrected chi connectivity index (χ3v) is 3.07. The summed E-state index contributed by atoms with van der Waals surface area (Å²) in [6, 6.07) is 3.86. The molecule has 0 atom stereocenters. The van der Waals surface area contributed by atoms with Gasteiger partial charge < -0.3 is 9.32 Å². The van der Waals surface area contributed by atoms with Crippen molar-refractivity contribution in [3.63, 3.8) is 0 Å². The summed E-state index contributed by atoms with van der Waals surface area (Å²) >= 11 is 1.80. The van der Waals surface area contributed by atoms with E-state index in [0.717, 1.165) is 23.7 Å². The molecule has 15 heavy (non-hydrogen) atoms. The zero-order valence-electron chi connectivity index (χ0n) is 9.23. The average molecular weight is 227 g/mol. The molecular formula is C11H17NO2S. The van der Waals surface area contributed by atoms with Gasteiger partial charge in [0.1, 0.15) is 5.76 Å². The Kier molecular flexibility index (Phi) is 5.32. The summed E-state index contributed by atoms with van der Waals surface area (Å²) in [6.45, 7) is 0. The summed E-state index contributed by atoms with van der Waals surface area (Å²) in [4.78, 5) is 12.9. The molecule has 0 unspecified atom stereocenters. The zero-order valence-corrected chi connectivity index (χ0v) is 10.0. The Morgan fingerprint density at radius 3 is 2.93 bits per heavy atom. The summed E-state index contributed by atoms with van der Waals surface area (Å²) in [5.74, 6) is 3.09. The second kappa shape index (κ2) is 6.56. The normalized spacial score (nSPS) is 10.3. The lowest BCUT2D eigenvalue weighted by Crippen LogP contribution is -2.21. The van der Waals surface area contributed by atoms with Crippen LogP contribution in [0.2, 0.25) is 0 Å². The molecule has 1 rings (SSSR count). The fourth-order valence-corrected chi connectivity index (χ4v) is 1.97. The molecule has 0 aromatic carbocycles. The summed E-state index contributed by atoms with van der Waals surface area (Å²) in [5.41, 5.74) is 0. The Labute approximate surface area is 94.8 Å². The van der Waals surface area contributed by atoms with Crippen molar-refractivity contribution in [2.45, 2.75) is 18.6 Å². The third kappa shape index (κ3) is 4.93. The molecule has 3 nitrogen and oxygen atoms in total. The SMILES string of the molecule is CN(C)C(=O)CCCSCc1ccco1. The highest BCUT2D eigenvalue weighted by molar-refractivity contribution is 7.98. The number of rotatable bonds is 6. The number of nitrogens with zero attached hydrogens (tertiary/aromatic N) is 1. The number of hydrogen-bond donors (Lipinski definition) is 0. The van der Waals surface area contributed by atoms with E-state index < -0.39 is 0 Å². The minimum Gasteiger partial charge on any atom is -0.468 e. The first-order chi connectivity index (χ1) is 7.20. The van der Waals surface area contributed by atoms with Gasteiger partial charge in [0, 0.05) is 20.5 Å². The van der Waals surface area contributed by atoms with Gasteiger partial charge in [0.25, 0.3) is 0 Å². The molecule has 0 aliphatic heterocycles. The van der Waals surface area contributed by atoms with Gasteiger partial charge in [0.2, 0.25) is 5.91 Å². The van der Waals surface area contributed by atoms with Gasteiger partial charge in [0.05, 0.1) is 12.0 Å². The average Bonchev–Trinajstić information content (AvgIpc) is 2.69. The number of amides is 1. The lowest BCUT2D eigenvalue weighted by molar-refractivity contribution is -0.128. The van der Waals surface area contributed by atoms with Crippen molar-refractivity contribution in [2.24, 2.45) is 0 Å². The molecule has 0 fully saturated rings. The maximum Gasteiger partial charge on any atom is 0.222 e. The molecule has 1 amide bonds. The summed E-state index contributed by atoms with van der Waals surface area (Å²) in [7, 11) is 3.58. The topological polar surface area (TPSA) is 33.5 Å². The quantitative estimate of drug-likeness (QED) is 0.700. The number of carbonyl (C=O) groups excluding carboxylic acids is 1. The van der Waals surface area contributed by atoms with Crippen LogP contribution in [-0.4, -0.2) is 30.7 Å². The van der Waals surface area contributed by atoms with Gasteiger partial charge in [-0.2, -0.15) is 11.8 Å². The predicted octanol–water partition coefficient (Wildman–Crippen LogP) is 2.38.